The number of sulfonamides is 1. The molecule has 0 amide bonds. The number of aliphatic imine (C=N–C) groups is 1. The van der Waals surface area contributed by atoms with Crippen LogP contribution in [0.2, 0.25) is 0 Å². The van der Waals surface area contributed by atoms with Crippen molar-refractivity contribution < 1.29 is 22.0 Å². The first-order chi connectivity index (χ1) is 9.46. The standard InChI is InChI=1S/C12H12F2N2O3S/c13-9-4-5-11(10(14)7-9)20(18,19)16-6-2-1-3-12(16)15-8-17/h4-5,7,12H,1-3,6H2. The van der Waals surface area contributed by atoms with Gasteiger partial charge in [0.15, 0.2) is 0 Å². The van der Waals surface area contributed by atoms with Crippen molar-refractivity contribution in [2.75, 3.05) is 6.54 Å². The van der Waals surface area contributed by atoms with Gasteiger partial charge in [-0.05, 0) is 31.4 Å². The number of hydrogen-bond donors (Lipinski definition) is 0. The Kier molecular flexibility index (Phi) is 4.27. The molecule has 0 N–H and O–H groups in total. The number of isocyanates is 1. The number of hydrogen-bond acceptors (Lipinski definition) is 4. The first-order valence-corrected chi connectivity index (χ1v) is 7.44. The zero-order chi connectivity index (χ0) is 14.8. The molecule has 0 aromatic heterocycles. The van der Waals surface area contributed by atoms with Gasteiger partial charge < -0.3 is 0 Å². The van der Waals surface area contributed by atoms with Crippen LogP contribution in [0.3, 0.4) is 0 Å². The lowest BCUT2D eigenvalue weighted by Gasteiger charge is -2.31. The van der Waals surface area contributed by atoms with Crippen molar-refractivity contribution >= 4 is 16.1 Å². The smallest absolute Gasteiger partial charge is 0.211 e. The quantitative estimate of drug-likeness (QED) is 0.631. The van der Waals surface area contributed by atoms with E-state index in [0.29, 0.717) is 25.3 Å². The Morgan fingerprint density at radius 3 is 2.70 bits per heavy atom. The van der Waals surface area contributed by atoms with Gasteiger partial charge in [0.25, 0.3) is 0 Å². The first kappa shape index (κ1) is 14.8. The van der Waals surface area contributed by atoms with E-state index in [9.17, 15) is 22.0 Å². The third-order valence-corrected chi connectivity index (χ3v) is 5.04. The number of benzene rings is 1. The summed E-state index contributed by atoms with van der Waals surface area (Å²) in [6.45, 7) is 0.134. The SMILES string of the molecule is O=C=NC1CCCCN1S(=O)(=O)c1ccc(F)cc1F. The van der Waals surface area contributed by atoms with Crippen LogP contribution in [0.15, 0.2) is 28.1 Å². The van der Waals surface area contributed by atoms with Gasteiger partial charge in [-0.1, -0.05) is 0 Å². The van der Waals surface area contributed by atoms with Gasteiger partial charge in [0, 0.05) is 12.6 Å². The molecule has 1 aliphatic rings. The van der Waals surface area contributed by atoms with Crippen molar-refractivity contribution in [2.24, 2.45) is 4.99 Å². The van der Waals surface area contributed by atoms with E-state index in [1.807, 2.05) is 0 Å². The van der Waals surface area contributed by atoms with E-state index >= 15 is 0 Å². The molecule has 8 heteroatoms. The van der Waals surface area contributed by atoms with Crippen LogP contribution in [-0.2, 0) is 14.8 Å². The lowest BCUT2D eigenvalue weighted by atomic mass is 10.1. The third kappa shape index (κ3) is 2.77. The molecule has 1 aromatic carbocycles. The van der Waals surface area contributed by atoms with Gasteiger partial charge >= 0.3 is 0 Å². The molecule has 108 valence electrons. The maximum atomic E-state index is 13.7. The molecule has 1 fully saturated rings. The summed E-state index contributed by atoms with van der Waals surface area (Å²) in [7, 11) is -4.16. The van der Waals surface area contributed by atoms with Crippen LogP contribution in [0.5, 0.6) is 0 Å². The predicted molar refractivity (Wildman–Crippen MR) is 66.0 cm³/mol. The second-order valence-corrected chi connectivity index (χ2v) is 6.25. The number of rotatable bonds is 3. The molecule has 0 saturated carbocycles. The van der Waals surface area contributed by atoms with Gasteiger partial charge in [0.1, 0.15) is 22.7 Å². The number of nitrogens with zero attached hydrogens (tertiary/aromatic N) is 2. The molecule has 0 bridgehead atoms. The lowest BCUT2D eigenvalue weighted by molar-refractivity contribution is 0.258. The van der Waals surface area contributed by atoms with Crippen molar-refractivity contribution in [3.8, 4) is 0 Å². The average molecular weight is 302 g/mol. The molecule has 1 atom stereocenters. The Balaban J connectivity index is 2.44. The minimum atomic E-state index is -4.16. The van der Waals surface area contributed by atoms with Crippen LogP contribution in [0, 0.1) is 11.6 Å². The molecular formula is C12H12F2N2O3S. The Hall–Kier alpha value is -1.63. The fraction of sp³-hybridized carbons (Fsp3) is 0.417. The summed E-state index contributed by atoms with van der Waals surface area (Å²) in [6.07, 6.45) is 2.13. The highest BCUT2D eigenvalue weighted by Crippen LogP contribution is 2.27. The normalized spacial score (nSPS) is 20.4. The first-order valence-electron chi connectivity index (χ1n) is 6.00. The van der Waals surface area contributed by atoms with Crippen molar-refractivity contribution in [1.82, 2.24) is 4.31 Å². The van der Waals surface area contributed by atoms with Crippen LogP contribution in [0.4, 0.5) is 8.78 Å². The van der Waals surface area contributed by atoms with E-state index in [0.717, 1.165) is 16.4 Å². The zero-order valence-electron chi connectivity index (χ0n) is 10.4. The van der Waals surface area contributed by atoms with Crippen LogP contribution in [-0.4, -0.2) is 31.5 Å². The van der Waals surface area contributed by atoms with Crippen LogP contribution >= 0.6 is 0 Å². The van der Waals surface area contributed by atoms with Gasteiger partial charge in [-0.25, -0.2) is 22.0 Å². The topological polar surface area (TPSA) is 66.8 Å². The molecule has 0 spiro atoms. The predicted octanol–water partition coefficient (Wildman–Crippen LogP) is 1.80. The summed E-state index contributed by atoms with van der Waals surface area (Å²) >= 11 is 0. The van der Waals surface area contributed by atoms with E-state index in [-0.39, 0.29) is 6.54 Å². The molecular weight excluding hydrogens is 290 g/mol. The minimum Gasteiger partial charge on any atom is -0.211 e. The van der Waals surface area contributed by atoms with E-state index in [1.54, 1.807) is 0 Å². The molecule has 0 radical (unpaired) electrons. The summed E-state index contributed by atoms with van der Waals surface area (Å²) in [5.74, 6) is -2.02. The molecule has 1 aliphatic heterocycles. The molecule has 1 saturated heterocycles. The largest absolute Gasteiger partial charge is 0.247 e. The summed E-state index contributed by atoms with van der Waals surface area (Å²) in [4.78, 5) is 13.2. The second-order valence-electron chi connectivity index (χ2n) is 4.39. The monoisotopic (exact) mass is 302 g/mol. The molecule has 1 heterocycles. The Bertz CT molecular complexity index is 657. The summed E-state index contributed by atoms with van der Waals surface area (Å²) in [5, 5.41) is 0. The zero-order valence-corrected chi connectivity index (χ0v) is 11.2. The highest BCUT2D eigenvalue weighted by Gasteiger charge is 2.35. The van der Waals surface area contributed by atoms with Crippen LogP contribution in [0.1, 0.15) is 19.3 Å². The maximum Gasteiger partial charge on any atom is 0.247 e. The van der Waals surface area contributed by atoms with Crippen molar-refractivity contribution in [2.45, 2.75) is 30.3 Å². The van der Waals surface area contributed by atoms with Gasteiger partial charge in [-0.3, -0.25) is 0 Å². The lowest BCUT2D eigenvalue weighted by Crippen LogP contribution is -2.42. The van der Waals surface area contributed by atoms with Crippen molar-refractivity contribution in [3.05, 3.63) is 29.8 Å². The highest BCUT2D eigenvalue weighted by atomic mass is 32.2. The Labute approximate surface area is 115 Å². The number of halogens is 2. The fourth-order valence-corrected chi connectivity index (χ4v) is 3.81. The van der Waals surface area contributed by atoms with Crippen molar-refractivity contribution in [3.63, 3.8) is 0 Å². The molecule has 1 aromatic rings. The van der Waals surface area contributed by atoms with Crippen LogP contribution < -0.4 is 0 Å². The summed E-state index contributed by atoms with van der Waals surface area (Å²) in [5.41, 5.74) is 0. The minimum absolute atomic E-state index is 0.134. The molecule has 0 aliphatic carbocycles. The van der Waals surface area contributed by atoms with Gasteiger partial charge in [0.05, 0.1) is 0 Å². The van der Waals surface area contributed by atoms with Crippen LogP contribution in [0.25, 0.3) is 0 Å². The van der Waals surface area contributed by atoms with E-state index in [1.165, 1.54) is 6.08 Å². The average Bonchev–Trinajstić information content (AvgIpc) is 2.39. The van der Waals surface area contributed by atoms with Crippen molar-refractivity contribution in [1.29, 1.82) is 0 Å². The second kappa shape index (κ2) is 5.78. The molecule has 1 unspecified atom stereocenters. The van der Waals surface area contributed by atoms with E-state index in [4.69, 9.17) is 0 Å². The molecule has 2 rings (SSSR count). The maximum absolute atomic E-state index is 13.7. The van der Waals surface area contributed by atoms with Gasteiger partial charge in [-0.15, -0.1) is 0 Å². The van der Waals surface area contributed by atoms with E-state index in [2.05, 4.69) is 4.99 Å². The van der Waals surface area contributed by atoms with Gasteiger partial charge in [0.2, 0.25) is 16.1 Å². The molecule has 20 heavy (non-hydrogen) atoms. The number of carbonyl (C=O) groups excluding carboxylic acids is 1. The van der Waals surface area contributed by atoms with Gasteiger partial charge in [-0.2, -0.15) is 9.30 Å². The summed E-state index contributed by atoms with van der Waals surface area (Å²) < 4.78 is 52.2. The summed E-state index contributed by atoms with van der Waals surface area (Å²) in [6, 6.07) is 2.25. The van der Waals surface area contributed by atoms with E-state index < -0.39 is 32.7 Å². The number of piperidine rings is 1. The molecule has 5 nitrogen and oxygen atoms in total. The fourth-order valence-electron chi connectivity index (χ4n) is 2.17. The highest BCUT2D eigenvalue weighted by molar-refractivity contribution is 7.89. The third-order valence-electron chi connectivity index (χ3n) is 3.11. The Morgan fingerprint density at radius 2 is 2.05 bits per heavy atom. The Morgan fingerprint density at radius 1 is 1.30 bits per heavy atom.